The minimum absolute atomic E-state index is 0.180. The lowest BCUT2D eigenvalue weighted by molar-refractivity contribution is 0.0200. The van der Waals surface area contributed by atoms with Crippen LogP contribution in [0.4, 0.5) is 4.79 Å². The first-order valence-corrected chi connectivity index (χ1v) is 10.4. The molecule has 0 spiro atoms. The third kappa shape index (κ3) is 6.90. The van der Waals surface area contributed by atoms with E-state index in [2.05, 4.69) is 15.9 Å². The summed E-state index contributed by atoms with van der Waals surface area (Å²) in [5, 5.41) is 0.426. The summed E-state index contributed by atoms with van der Waals surface area (Å²) < 4.78 is 16.0. The van der Waals surface area contributed by atoms with Crippen molar-refractivity contribution in [2.45, 2.75) is 56.4 Å². The van der Waals surface area contributed by atoms with E-state index in [1.165, 1.54) is 11.8 Å². The van der Waals surface area contributed by atoms with E-state index in [4.69, 9.17) is 14.2 Å². The fourth-order valence-electron chi connectivity index (χ4n) is 1.93. The number of unbranched alkanes of at least 4 members (excludes halogenated alkanes) is 1. The highest BCUT2D eigenvalue weighted by molar-refractivity contribution is 9.08. The summed E-state index contributed by atoms with van der Waals surface area (Å²) >= 11 is 4.75. The molecule has 0 radical (unpaired) electrons. The molecule has 0 atom stereocenters. The van der Waals surface area contributed by atoms with Crippen molar-refractivity contribution in [3.8, 4) is 5.75 Å². The minimum Gasteiger partial charge on any atom is -0.462 e. The van der Waals surface area contributed by atoms with Crippen LogP contribution in [0.25, 0.3) is 0 Å². The lowest BCUT2D eigenvalue weighted by Gasteiger charge is -2.21. The Morgan fingerprint density at radius 3 is 2.44 bits per heavy atom. The standard InChI is InChI=1S/C18H25BrO5S/c1-6-7-10-22-16(20)14-13(25-5)9-8-12(11-19)15(14)23-17(21)24-18(2,3)4/h8-9H,6-7,10-11H2,1-5H3. The maximum atomic E-state index is 12.6. The van der Waals surface area contributed by atoms with Crippen molar-refractivity contribution in [2.24, 2.45) is 0 Å². The fourth-order valence-corrected chi connectivity index (χ4v) is 2.95. The molecule has 0 bridgehead atoms. The summed E-state index contributed by atoms with van der Waals surface area (Å²) in [7, 11) is 0. The van der Waals surface area contributed by atoms with Crippen molar-refractivity contribution < 1.29 is 23.8 Å². The van der Waals surface area contributed by atoms with E-state index in [1.807, 2.05) is 25.3 Å². The number of carbonyl (C=O) groups is 2. The Balaban J connectivity index is 3.22. The molecule has 7 heteroatoms. The van der Waals surface area contributed by atoms with Crippen LogP contribution in [0.5, 0.6) is 5.75 Å². The first-order chi connectivity index (χ1) is 11.7. The van der Waals surface area contributed by atoms with Gasteiger partial charge in [-0.15, -0.1) is 11.8 Å². The third-order valence-corrected chi connectivity index (χ3v) is 4.46. The van der Waals surface area contributed by atoms with Crippen molar-refractivity contribution in [2.75, 3.05) is 12.9 Å². The Morgan fingerprint density at radius 2 is 1.92 bits per heavy atom. The Hall–Kier alpha value is -1.21. The number of thioether (sulfide) groups is 1. The maximum absolute atomic E-state index is 12.6. The molecule has 0 aromatic heterocycles. The molecular formula is C18H25BrO5S. The van der Waals surface area contributed by atoms with E-state index >= 15 is 0 Å². The summed E-state index contributed by atoms with van der Waals surface area (Å²) in [6, 6.07) is 3.63. The second-order valence-electron chi connectivity index (χ2n) is 6.32. The number of hydrogen-bond acceptors (Lipinski definition) is 6. The summed E-state index contributed by atoms with van der Waals surface area (Å²) in [5.41, 5.74) is 0.238. The summed E-state index contributed by atoms with van der Waals surface area (Å²) in [6.45, 7) is 7.59. The average Bonchev–Trinajstić information content (AvgIpc) is 2.52. The smallest absolute Gasteiger partial charge is 0.462 e. The quantitative estimate of drug-likeness (QED) is 0.184. The zero-order valence-corrected chi connectivity index (χ0v) is 17.7. The van der Waals surface area contributed by atoms with E-state index in [-0.39, 0.29) is 11.3 Å². The predicted octanol–water partition coefficient (Wildman–Crippen LogP) is 5.57. The van der Waals surface area contributed by atoms with Gasteiger partial charge in [-0.05, 0) is 39.5 Å². The number of rotatable bonds is 7. The molecule has 0 aliphatic heterocycles. The molecule has 140 valence electrons. The van der Waals surface area contributed by atoms with Crippen LogP contribution in [0.2, 0.25) is 0 Å². The van der Waals surface area contributed by atoms with E-state index < -0.39 is 17.7 Å². The summed E-state index contributed by atoms with van der Waals surface area (Å²) in [6.07, 6.45) is 2.70. The molecule has 5 nitrogen and oxygen atoms in total. The number of hydrogen-bond donors (Lipinski definition) is 0. The molecule has 25 heavy (non-hydrogen) atoms. The first-order valence-electron chi connectivity index (χ1n) is 8.07. The van der Waals surface area contributed by atoms with Gasteiger partial charge >= 0.3 is 12.1 Å². The Morgan fingerprint density at radius 1 is 1.24 bits per heavy atom. The number of ether oxygens (including phenoxy) is 3. The Kier molecular flexibility index (Phi) is 8.79. The molecule has 0 aliphatic carbocycles. The van der Waals surface area contributed by atoms with Crippen LogP contribution in [-0.2, 0) is 14.8 Å². The highest BCUT2D eigenvalue weighted by atomic mass is 79.9. The van der Waals surface area contributed by atoms with Gasteiger partial charge in [0.05, 0.1) is 6.61 Å². The van der Waals surface area contributed by atoms with Gasteiger partial charge < -0.3 is 14.2 Å². The van der Waals surface area contributed by atoms with Gasteiger partial charge in [0, 0.05) is 15.8 Å². The Labute approximate surface area is 161 Å². The zero-order chi connectivity index (χ0) is 19.0. The highest BCUT2D eigenvalue weighted by Crippen LogP contribution is 2.35. The largest absolute Gasteiger partial charge is 0.514 e. The minimum atomic E-state index is -0.851. The molecule has 1 aromatic carbocycles. The monoisotopic (exact) mass is 432 g/mol. The van der Waals surface area contributed by atoms with Crippen molar-refractivity contribution in [1.82, 2.24) is 0 Å². The molecule has 0 amide bonds. The van der Waals surface area contributed by atoms with Crippen molar-refractivity contribution >= 4 is 39.8 Å². The molecule has 0 N–H and O–H groups in total. The van der Waals surface area contributed by atoms with E-state index in [1.54, 1.807) is 20.8 Å². The van der Waals surface area contributed by atoms with Crippen LogP contribution in [0.15, 0.2) is 17.0 Å². The van der Waals surface area contributed by atoms with Crippen LogP contribution >= 0.6 is 27.7 Å². The van der Waals surface area contributed by atoms with Crippen molar-refractivity contribution in [3.05, 3.63) is 23.3 Å². The van der Waals surface area contributed by atoms with Crippen LogP contribution in [0.3, 0.4) is 0 Å². The molecular weight excluding hydrogens is 408 g/mol. The van der Waals surface area contributed by atoms with Crippen LogP contribution in [0.1, 0.15) is 56.5 Å². The summed E-state index contributed by atoms with van der Waals surface area (Å²) in [4.78, 5) is 25.4. The first kappa shape index (κ1) is 21.8. The van der Waals surface area contributed by atoms with E-state index in [0.717, 1.165) is 12.8 Å². The molecule has 0 aliphatic rings. The molecule has 0 saturated heterocycles. The van der Waals surface area contributed by atoms with Gasteiger partial charge in [-0.25, -0.2) is 9.59 Å². The molecule has 1 aromatic rings. The SMILES string of the molecule is CCCCOC(=O)c1c(SC)ccc(CBr)c1OC(=O)OC(C)(C)C. The number of esters is 1. The lowest BCUT2D eigenvalue weighted by Crippen LogP contribution is -2.27. The van der Waals surface area contributed by atoms with Crippen LogP contribution < -0.4 is 4.74 Å². The van der Waals surface area contributed by atoms with Gasteiger partial charge in [0.2, 0.25) is 0 Å². The number of alkyl halides is 1. The van der Waals surface area contributed by atoms with Gasteiger partial charge in [0.1, 0.15) is 11.2 Å². The third-order valence-electron chi connectivity index (χ3n) is 3.07. The van der Waals surface area contributed by atoms with Crippen molar-refractivity contribution in [3.63, 3.8) is 0 Å². The molecule has 0 heterocycles. The van der Waals surface area contributed by atoms with Crippen LogP contribution in [-0.4, -0.2) is 30.6 Å². The molecule has 0 fully saturated rings. The van der Waals surface area contributed by atoms with Gasteiger partial charge in [0.15, 0.2) is 5.75 Å². The molecule has 0 saturated carbocycles. The number of benzene rings is 1. The zero-order valence-electron chi connectivity index (χ0n) is 15.3. The number of carbonyl (C=O) groups excluding carboxylic acids is 2. The number of halogens is 1. The predicted molar refractivity (Wildman–Crippen MR) is 103 cm³/mol. The van der Waals surface area contributed by atoms with Crippen LogP contribution in [0, 0.1) is 0 Å². The topological polar surface area (TPSA) is 61.8 Å². The maximum Gasteiger partial charge on any atom is 0.514 e. The second kappa shape index (κ2) is 10.1. The highest BCUT2D eigenvalue weighted by Gasteiger charge is 2.26. The average molecular weight is 433 g/mol. The van der Waals surface area contributed by atoms with Gasteiger partial charge in [-0.3, -0.25) is 0 Å². The fraction of sp³-hybridized carbons (Fsp3) is 0.556. The second-order valence-corrected chi connectivity index (χ2v) is 7.73. The lowest BCUT2D eigenvalue weighted by atomic mass is 10.1. The van der Waals surface area contributed by atoms with E-state index in [0.29, 0.717) is 22.4 Å². The Bertz CT molecular complexity index is 610. The van der Waals surface area contributed by atoms with Gasteiger partial charge in [-0.1, -0.05) is 35.3 Å². The molecule has 0 unspecified atom stereocenters. The normalized spacial score (nSPS) is 11.1. The summed E-state index contributed by atoms with van der Waals surface area (Å²) in [5.74, 6) is -0.321. The van der Waals surface area contributed by atoms with Gasteiger partial charge in [0.25, 0.3) is 0 Å². The van der Waals surface area contributed by atoms with Gasteiger partial charge in [-0.2, -0.15) is 0 Å². The van der Waals surface area contributed by atoms with E-state index in [9.17, 15) is 9.59 Å². The molecule has 1 rings (SSSR count). The van der Waals surface area contributed by atoms with Crippen molar-refractivity contribution in [1.29, 1.82) is 0 Å².